The molecule has 1 heterocycles. The van der Waals surface area contributed by atoms with E-state index in [1.165, 1.54) is 0 Å². The van der Waals surface area contributed by atoms with Gasteiger partial charge in [-0.25, -0.2) is 4.79 Å². The molecule has 7 heteroatoms. The average Bonchev–Trinajstić information content (AvgIpc) is 3.10. The number of benzene rings is 2. The van der Waals surface area contributed by atoms with Gasteiger partial charge in [0.05, 0.1) is 12.3 Å². The van der Waals surface area contributed by atoms with Crippen LogP contribution in [0.15, 0.2) is 53.7 Å². The average molecular weight is 420 g/mol. The Hall–Kier alpha value is -2.24. The lowest BCUT2D eigenvalue weighted by atomic mass is 10.0. The fourth-order valence-corrected chi connectivity index (χ4v) is 3.34. The summed E-state index contributed by atoms with van der Waals surface area (Å²) in [5.41, 5.74) is 2.79. The van der Waals surface area contributed by atoms with Crippen molar-refractivity contribution in [2.75, 3.05) is 6.54 Å². The van der Waals surface area contributed by atoms with E-state index in [9.17, 15) is 4.79 Å². The molecule has 1 aliphatic rings. The van der Waals surface area contributed by atoms with Gasteiger partial charge in [0.2, 0.25) is 0 Å². The third-order valence-electron chi connectivity index (χ3n) is 4.30. The Morgan fingerprint density at radius 3 is 2.64 bits per heavy atom. The molecule has 2 amide bonds. The van der Waals surface area contributed by atoms with Gasteiger partial charge < -0.3 is 15.1 Å². The van der Waals surface area contributed by atoms with E-state index in [-0.39, 0.29) is 18.2 Å². The molecule has 28 heavy (non-hydrogen) atoms. The first-order chi connectivity index (χ1) is 13.4. The first-order valence-corrected chi connectivity index (χ1v) is 9.95. The van der Waals surface area contributed by atoms with E-state index in [4.69, 9.17) is 28.0 Å². The van der Waals surface area contributed by atoms with Crippen LogP contribution in [0.4, 0.5) is 4.79 Å². The highest BCUT2D eigenvalue weighted by Gasteiger charge is 2.27. The Bertz CT molecular complexity index is 853. The lowest BCUT2D eigenvalue weighted by molar-refractivity contribution is 0.0586. The van der Waals surface area contributed by atoms with Gasteiger partial charge in [-0.15, -0.1) is 0 Å². The smallest absolute Gasteiger partial charge is 0.318 e. The van der Waals surface area contributed by atoms with Gasteiger partial charge in [0, 0.05) is 29.1 Å². The van der Waals surface area contributed by atoms with Gasteiger partial charge >= 0.3 is 6.03 Å². The molecule has 2 aromatic rings. The highest BCUT2D eigenvalue weighted by molar-refractivity contribution is 6.31. The Morgan fingerprint density at radius 1 is 1.21 bits per heavy atom. The number of rotatable bonds is 6. The minimum atomic E-state index is -0.206. The Kier molecular flexibility index (Phi) is 6.81. The Labute approximate surface area is 175 Å². The summed E-state index contributed by atoms with van der Waals surface area (Å²) in [4.78, 5) is 20.0. The maximum atomic E-state index is 12.7. The minimum Gasteiger partial charge on any atom is -0.390 e. The fourth-order valence-electron chi connectivity index (χ4n) is 3.00. The van der Waals surface area contributed by atoms with Crippen LogP contribution < -0.4 is 5.32 Å². The highest BCUT2D eigenvalue weighted by atomic mass is 35.5. The van der Waals surface area contributed by atoms with Crippen molar-refractivity contribution in [2.24, 2.45) is 5.16 Å². The lowest BCUT2D eigenvalue weighted by Crippen LogP contribution is -2.45. The first-order valence-electron chi connectivity index (χ1n) is 9.19. The molecule has 0 saturated heterocycles. The van der Waals surface area contributed by atoms with Crippen LogP contribution in [0.3, 0.4) is 0 Å². The zero-order valence-electron chi connectivity index (χ0n) is 15.9. The quantitative estimate of drug-likeness (QED) is 0.707. The van der Waals surface area contributed by atoms with Crippen molar-refractivity contribution in [3.63, 3.8) is 0 Å². The van der Waals surface area contributed by atoms with Crippen LogP contribution in [-0.2, 0) is 11.4 Å². The molecule has 2 aromatic carbocycles. The number of carbonyl (C=O) groups is 1. The molecule has 1 N–H and O–H groups in total. The second-order valence-electron chi connectivity index (χ2n) is 7.09. The van der Waals surface area contributed by atoms with E-state index >= 15 is 0 Å². The number of carbonyl (C=O) groups excluding carboxylic acids is 1. The molecular weight excluding hydrogens is 397 g/mol. The van der Waals surface area contributed by atoms with Crippen LogP contribution in [0.25, 0.3) is 0 Å². The van der Waals surface area contributed by atoms with Crippen molar-refractivity contribution < 1.29 is 9.63 Å². The molecule has 3 rings (SSSR count). The van der Waals surface area contributed by atoms with Crippen LogP contribution >= 0.6 is 23.2 Å². The number of halogens is 2. The van der Waals surface area contributed by atoms with Crippen LogP contribution in [0.1, 0.15) is 31.4 Å². The van der Waals surface area contributed by atoms with Gasteiger partial charge in [-0.2, -0.15) is 0 Å². The SMILES string of the molecule is CC(C)NC(=O)N(Cc1cccc(Cl)c1)CC1CC(c2ccc(Cl)cc2)=NO1. The maximum absolute atomic E-state index is 12.7. The number of urea groups is 1. The number of oxime groups is 1. The summed E-state index contributed by atoms with van der Waals surface area (Å²) in [5.74, 6) is 0. The third kappa shape index (κ3) is 5.63. The molecule has 1 unspecified atom stereocenters. The molecule has 0 spiro atoms. The molecule has 1 aliphatic heterocycles. The van der Waals surface area contributed by atoms with Crippen molar-refractivity contribution in [2.45, 2.75) is 39.0 Å². The standard InChI is InChI=1S/C21H23Cl2N3O2/c1-14(2)24-21(27)26(12-15-4-3-5-18(23)10-15)13-19-11-20(25-28-19)16-6-8-17(22)9-7-16/h3-10,14,19H,11-13H2,1-2H3,(H,24,27). The predicted molar refractivity (Wildman–Crippen MR) is 113 cm³/mol. The number of nitrogens with one attached hydrogen (secondary N) is 1. The Morgan fingerprint density at radius 2 is 1.96 bits per heavy atom. The summed E-state index contributed by atoms with van der Waals surface area (Å²) in [6.45, 7) is 4.73. The summed E-state index contributed by atoms with van der Waals surface area (Å²) >= 11 is 12.0. The molecule has 0 fully saturated rings. The van der Waals surface area contributed by atoms with Crippen molar-refractivity contribution in [3.8, 4) is 0 Å². The minimum absolute atomic E-state index is 0.0414. The monoisotopic (exact) mass is 419 g/mol. The molecular formula is C21H23Cl2N3O2. The zero-order valence-corrected chi connectivity index (χ0v) is 17.4. The van der Waals surface area contributed by atoms with E-state index in [0.29, 0.717) is 29.6 Å². The lowest BCUT2D eigenvalue weighted by Gasteiger charge is -2.26. The van der Waals surface area contributed by atoms with E-state index in [2.05, 4.69) is 10.5 Å². The van der Waals surface area contributed by atoms with E-state index < -0.39 is 0 Å². The van der Waals surface area contributed by atoms with Gasteiger partial charge in [0.15, 0.2) is 6.10 Å². The van der Waals surface area contributed by atoms with Gasteiger partial charge in [0.25, 0.3) is 0 Å². The number of amides is 2. The summed E-state index contributed by atoms with van der Waals surface area (Å²) in [6, 6.07) is 14.9. The third-order valence-corrected chi connectivity index (χ3v) is 4.78. The van der Waals surface area contributed by atoms with E-state index in [1.54, 1.807) is 4.90 Å². The van der Waals surface area contributed by atoms with Gasteiger partial charge in [-0.3, -0.25) is 0 Å². The number of nitrogens with zero attached hydrogens (tertiary/aromatic N) is 2. The second-order valence-corrected chi connectivity index (χ2v) is 7.96. The molecule has 0 aliphatic carbocycles. The second kappa shape index (κ2) is 9.30. The summed E-state index contributed by atoms with van der Waals surface area (Å²) < 4.78 is 0. The molecule has 1 atom stereocenters. The van der Waals surface area contributed by atoms with Crippen molar-refractivity contribution in [1.82, 2.24) is 10.2 Å². The maximum Gasteiger partial charge on any atom is 0.318 e. The molecule has 0 saturated carbocycles. The van der Waals surface area contributed by atoms with Gasteiger partial charge in [0.1, 0.15) is 0 Å². The normalized spacial score (nSPS) is 15.9. The van der Waals surface area contributed by atoms with Crippen molar-refractivity contribution in [1.29, 1.82) is 0 Å². The zero-order chi connectivity index (χ0) is 20.1. The summed E-state index contributed by atoms with van der Waals surface area (Å²) in [7, 11) is 0. The molecule has 0 aromatic heterocycles. The van der Waals surface area contributed by atoms with Crippen LogP contribution in [-0.4, -0.2) is 35.3 Å². The van der Waals surface area contributed by atoms with Crippen molar-refractivity contribution >= 4 is 34.9 Å². The van der Waals surface area contributed by atoms with Gasteiger partial charge in [-0.05, 0) is 49.2 Å². The fraction of sp³-hybridized carbons (Fsp3) is 0.333. The van der Waals surface area contributed by atoms with Crippen LogP contribution in [0.5, 0.6) is 0 Å². The molecule has 0 radical (unpaired) electrons. The highest BCUT2D eigenvalue weighted by Crippen LogP contribution is 2.21. The molecule has 148 valence electrons. The number of hydrogen-bond acceptors (Lipinski definition) is 3. The molecule has 5 nitrogen and oxygen atoms in total. The van der Waals surface area contributed by atoms with Crippen molar-refractivity contribution in [3.05, 3.63) is 69.7 Å². The Balaban J connectivity index is 1.67. The largest absolute Gasteiger partial charge is 0.390 e. The number of hydrogen-bond donors (Lipinski definition) is 1. The molecule has 0 bridgehead atoms. The first kappa shape index (κ1) is 20.5. The summed E-state index contributed by atoms with van der Waals surface area (Å²) in [6.07, 6.45) is 0.422. The topological polar surface area (TPSA) is 53.9 Å². The summed E-state index contributed by atoms with van der Waals surface area (Å²) in [5, 5.41) is 8.48. The predicted octanol–water partition coefficient (Wildman–Crippen LogP) is 5.11. The van der Waals surface area contributed by atoms with Gasteiger partial charge in [-0.1, -0.05) is 52.6 Å². The van der Waals surface area contributed by atoms with Crippen LogP contribution in [0.2, 0.25) is 10.0 Å². The van der Waals surface area contributed by atoms with E-state index in [1.807, 2.05) is 62.4 Å². The van der Waals surface area contributed by atoms with E-state index in [0.717, 1.165) is 16.8 Å². The van der Waals surface area contributed by atoms with Crippen LogP contribution in [0, 0.1) is 0 Å².